The quantitative estimate of drug-likeness (QED) is 0.418. The van der Waals surface area contributed by atoms with Crippen molar-refractivity contribution in [2.24, 2.45) is 0 Å². The first-order chi connectivity index (χ1) is 14.5. The summed E-state index contributed by atoms with van der Waals surface area (Å²) < 4.78 is 11.3. The Balaban J connectivity index is 1.75. The van der Waals surface area contributed by atoms with Gasteiger partial charge in [-0.25, -0.2) is 9.78 Å². The highest BCUT2D eigenvalue weighted by Gasteiger charge is 2.24. The molecule has 0 fully saturated rings. The van der Waals surface area contributed by atoms with E-state index in [2.05, 4.69) is 6.07 Å². The maximum atomic E-state index is 13.4. The number of carbonyl (C=O) groups is 2. The van der Waals surface area contributed by atoms with Crippen LogP contribution in [0, 0.1) is 13.8 Å². The number of aryl methyl sites for hydroxylation is 2. The van der Waals surface area contributed by atoms with E-state index in [1.807, 2.05) is 26.0 Å². The number of rotatable bonds is 5. The summed E-state index contributed by atoms with van der Waals surface area (Å²) in [5.41, 5.74) is 3.91. The predicted molar refractivity (Wildman–Crippen MR) is 116 cm³/mol. The van der Waals surface area contributed by atoms with Crippen LogP contribution in [-0.4, -0.2) is 24.0 Å². The Kier molecular flexibility index (Phi) is 5.37. The topological polar surface area (TPSA) is 72.6 Å². The van der Waals surface area contributed by atoms with E-state index < -0.39 is 5.97 Å². The number of hydrogen-bond donors (Lipinski definition) is 0. The first-order valence-electron chi connectivity index (χ1n) is 9.37. The molecule has 6 nitrogen and oxygen atoms in total. The molecular formula is C23H20N2O4S. The van der Waals surface area contributed by atoms with Crippen molar-refractivity contribution in [3.63, 3.8) is 0 Å². The van der Waals surface area contributed by atoms with E-state index in [1.54, 1.807) is 41.5 Å². The molecule has 0 saturated carbocycles. The molecule has 0 N–H and O–H groups in total. The van der Waals surface area contributed by atoms with Gasteiger partial charge in [0.1, 0.15) is 5.76 Å². The second-order valence-corrected chi connectivity index (χ2v) is 7.89. The minimum absolute atomic E-state index is 0.225. The minimum atomic E-state index is -0.446. The molecule has 0 unspecified atom stereocenters. The van der Waals surface area contributed by atoms with Gasteiger partial charge in [-0.15, -0.1) is 0 Å². The van der Waals surface area contributed by atoms with E-state index in [-0.39, 0.29) is 12.5 Å². The molecule has 2 aromatic carbocycles. The number of furan rings is 1. The molecule has 4 rings (SSSR count). The van der Waals surface area contributed by atoms with Gasteiger partial charge >= 0.3 is 5.97 Å². The lowest BCUT2D eigenvalue weighted by Crippen LogP contribution is -2.30. The lowest BCUT2D eigenvalue weighted by Gasteiger charge is -2.19. The number of carbonyl (C=O) groups excluding carboxylic acids is 2. The van der Waals surface area contributed by atoms with Crippen LogP contribution in [0.25, 0.3) is 10.2 Å². The fraction of sp³-hybridized carbons (Fsp3) is 0.174. The molecule has 0 saturated heterocycles. The number of anilines is 1. The fourth-order valence-electron chi connectivity index (χ4n) is 3.17. The molecule has 0 aliphatic heterocycles. The maximum absolute atomic E-state index is 13.4. The Morgan fingerprint density at radius 1 is 1.03 bits per heavy atom. The lowest BCUT2D eigenvalue weighted by atomic mass is 10.1. The smallest absolute Gasteiger partial charge is 0.337 e. The zero-order chi connectivity index (χ0) is 21.3. The highest BCUT2D eigenvalue weighted by atomic mass is 32.1. The van der Waals surface area contributed by atoms with Gasteiger partial charge in [-0.2, -0.15) is 0 Å². The molecule has 2 heterocycles. The zero-order valence-corrected chi connectivity index (χ0v) is 17.7. The Bertz CT molecular complexity index is 1170. The zero-order valence-electron chi connectivity index (χ0n) is 16.8. The second kappa shape index (κ2) is 8.12. The lowest BCUT2D eigenvalue weighted by molar-refractivity contribution is 0.0600. The van der Waals surface area contributed by atoms with Crippen molar-refractivity contribution in [3.05, 3.63) is 82.8 Å². The summed E-state index contributed by atoms with van der Waals surface area (Å²) in [6.45, 7) is 4.30. The summed E-state index contributed by atoms with van der Waals surface area (Å²) in [5.74, 6) is -0.0158. The number of hydrogen-bond acceptors (Lipinski definition) is 6. The summed E-state index contributed by atoms with van der Waals surface area (Å²) in [4.78, 5) is 31.5. The molecule has 0 aliphatic rings. The molecule has 0 aliphatic carbocycles. The molecule has 1 amide bonds. The first kappa shape index (κ1) is 19.8. The van der Waals surface area contributed by atoms with Crippen LogP contribution >= 0.6 is 11.3 Å². The van der Waals surface area contributed by atoms with Crippen LogP contribution < -0.4 is 4.90 Å². The van der Waals surface area contributed by atoms with Crippen LogP contribution in [0.3, 0.4) is 0 Å². The van der Waals surface area contributed by atoms with Crippen LogP contribution in [0.4, 0.5) is 5.13 Å². The molecular weight excluding hydrogens is 400 g/mol. The number of thiazole rings is 1. The summed E-state index contributed by atoms with van der Waals surface area (Å²) in [6, 6.07) is 14.1. The Hall–Kier alpha value is -3.45. The summed E-state index contributed by atoms with van der Waals surface area (Å²) in [7, 11) is 1.32. The Morgan fingerprint density at radius 3 is 2.37 bits per heavy atom. The van der Waals surface area contributed by atoms with Crippen molar-refractivity contribution in [1.82, 2.24) is 4.98 Å². The number of methoxy groups -OCH3 is 1. The van der Waals surface area contributed by atoms with Crippen molar-refractivity contribution >= 4 is 38.6 Å². The van der Waals surface area contributed by atoms with E-state index in [4.69, 9.17) is 14.1 Å². The van der Waals surface area contributed by atoms with Gasteiger partial charge < -0.3 is 9.15 Å². The van der Waals surface area contributed by atoms with Gasteiger partial charge in [0.15, 0.2) is 5.13 Å². The highest BCUT2D eigenvalue weighted by molar-refractivity contribution is 7.22. The Labute approximate surface area is 177 Å². The van der Waals surface area contributed by atoms with E-state index in [0.29, 0.717) is 22.0 Å². The minimum Gasteiger partial charge on any atom is -0.467 e. The number of ether oxygens (including phenoxy) is 1. The van der Waals surface area contributed by atoms with Crippen molar-refractivity contribution in [2.45, 2.75) is 20.4 Å². The van der Waals surface area contributed by atoms with E-state index in [9.17, 15) is 9.59 Å². The van der Waals surface area contributed by atoms with Gasteiger partial charge in [0.25, 0.3) is 5.91 Å². The van der Waals surface area contributed by atoms with Crippen molar-refractivity contribution in [1.29, 1.82) is 0 Å². The van der Waals surface area contributed by atoms with E-state index in [0.717, 1.165) is 21.3 Å². The van der Waals surface area contributed by atoms with Crippen LogP contribution in [0.2, 0.25) is 0 Å². The molecule has 2 aromatic heterocycles. The Morgan fingerprint density at radius 2 is 1.73 bits per heavy atom. The highest BCUT2D eigenvalue weighted by Crippen LogP contribution is 2.34. The van der Waals surface area contributed by atoms with Crippen LogP contribution in [-0.2, 0) is 11.3 Å². The average molecular weight is 420 g/mol. The van der Waals surface area contributed by atoms with Gasteiger partial charge in [0.2, 0.25) is 0 Å². The average Bonchev–Trinajstić information content (AvgIpc) is 3.44. The summed E-state index contributed by atoms with van der Waals surface area (Å²) in [6.07, 6.45) is 1.58. The number of amides is 1. The first-order valence-corrected chi connectivity index (χ1v) is 10.2. The number of esters is 1. The third-order valence-electron chi connectivity index (χ3n) is 4.85. The van der Waals surface area contributed by atoms with Crippen molar-refractivity contribution < 1.29 is 18.7 Å². The molecule has 30 heavy (non-hydrogen) atoms. The monoisotopic (exact) mass is 420 g/mol. The van der Waals surface area contributed by atoms with Gasteiger partial charge in [-0.05, 0) is 61.4 Å². The van der Waals surface area contributed by atoms with Crippen molar-refractivity contribution in [3.8, 4) is 0 Å². The molecule has 0 atom stereocenters. The van der Waals surface area contributed by atoms with Crippen LogP contribution in [0.5, 0.6) is 0 Å². The molecule has 0 spiro atoms. The van der Waals surface area contributed by atoms with Crippen molar-refractivity contribution in [2.75, 3.05) is 12.0 Å². The van der Waals surface area contributed by atoms with E-state index in [1.165, 1.54) is 18.4 Å². The largest absolute Gasteiger partial charge is 0.467 e. The number of benzene rings is 2. The molecule has 0 radical (unpaired) electrons. The van der Waals surface area contributed by atoms with Gasteiger partial charge in [-0.1, -0.05) is 23.5 Å². The number of aromatic nitrogens is 1. The van der Waals surface area contributed by atoms with Gasteiger partial charge in [-0.3, -0.25) is 9.69 Å². The molecule has 0 bridgehead atoms. The maximum Gasteiger partial charge on any atom is 0.337 e. The standard InChI is InChI=1S/C23H20N2O4S/c1-14-6-7-15(2)20-19(14)24-23(30-20)25(13-18-5-4-12-29-18)21(26)16-8-10-17(11-9-16)22(27)28-3/h4-12H,13H2,1-3H3. The van der Waals surface area contributed by atoms with Gasteiger partial charge in [0.05, 0.1) is 35.7 Å². The van der Waals surface area contributed by atoms with Crippen LogP contribution in [0.1, 0.15) is 37.6 Å². The third-order valence-corrected chi connectivity index (χ3v) is 6.07. The number of fused-ring (bicyclic) bond motifs is 1. The molecule has 152 valence electrons. The van der Waals surface area contributed by atoms with Gasteiger partial charge in [0, 0.05) is 5.56 Å². The normalized spacial score (nSPS) is 10.9. The van der Waals surface area contributed by atoms with Crippen LogP contribution in [0.15, 0.2) is 59.2 Å². The summed E-state index contributed by atoms with van der Waals surface area (Å²) >= 11 is 1.48. The molecule has 4 aromatic rings. The second-order valence-electron chi connectivity index (χ2n) is 6.91. The van der Waals surface area contributed by atoms with E-state index >= 15 is 0 Å². The molecule has 7 heteroatoms. The summed E-state index contributed by atoms with van der Waals surface area (Å²) in [5, 5.41) is 0.598. The number of nitrogens with zero attached hydrogens (tertiary/aromatic N) is 2. The fourth-order valence-corrected chi connectivity index (χ4v) is 4.28. The third kappa shape index (κ3) is 3.71. The predicted octanol–water partition coefficient (Wildman–Crippen LogP) is 5.14. The SMILES string of the molecule is COC(=O)c1ccc(C(=O)N(Cc2ccco2)c2nc3c(C)ccc(C)c3s2)cc1.